The summed E-state index contributed by atoms with van der Waals surface area (Å²) in [4.78, 5) is 14.8. The molecule has 6 nitrogen and oxygen atoms in total. The van der Waals surface area contributed by atoms with E-state index in [2.05, 4.69) is 21.9 Å². The van der Waals surface area contributed by atoms with Crippen molar-refractivity contribution in [2.24, 2.45) is 0 Å². The zero-order valence-corrected chi connectivity index (χ0v) is 14.5. The second-order valence-corrected chi connectivity index (χ2v) is 7.64. The Morgan fingerprint density at radius 2 is 2.00 bits per heavy atom. The summed E-state index contributed by atoms with van der Waals surface area (Å²) < 4.78 is 25.9. The zero-order chi connectivity index (χ0) is 16.9. The van der Waals surface area contributed by atoms with E-state index in [0.29, 0.717) is 18.2 Å². The van der Waals surface area contributed by atoms with Crippen LogP contribution in [0.15, 0.2) is 29.2 Å². The van der Waals surface area contributed by atoms with Gasteiger partial charge in [0.25, 0.3) is 5.91 Å². The number of nitrogens with zero attached hydrogens (tertiary/aromatic N) is 1. The standard InChI is InChI=1S/C16H25N3O3S/c1-3-14(19-9-4-5-10-19)12-18-16(20)13-7-6-8-15(11-13)23(21,22)17-2/h6-8,11,14,17H,3-5,9-10,12H2,1-2H3,(H,18,20)/t14-/m0/s1. The molecule has 1 aromatic rings. The number of carbonyl (C=O) groups excluding carboxylic acids is 1. The minimum Gasteiger partial charge on any atom is -0.350 e. The van der Waals surface area contributed by atoms with E-state index in [-0.39, 0.29) is 10.8 Å². The molecular weight excluding hydrogens is 314 g/mol. The number of benzene rings is 1. The summed E-state index contributed by atoms with van der Waals surface area (Å²) in [6.07, 6.45) is 3.41. The van der Waals surface area contributed by atoms with Gasteiger partial charge < -0.3 is 5.32 Å². The fraction of sp³-hybridized carbons (Fsp3) is 0.562. The highest BCUT2D eigenvalue weighted by Crippen LogP contribution is 2.14. The number of hydrogen-bond acceptors (Lipinski definition) is 4. The van der Waals surface area contributed by atoms with E-state index in [1.54, 1.807) is 12.1 Å². The number of amides is 1. The third kappa shape index (κ3) is 4.53. The maximum absolute atomic E-state index is 12.3. The van der Waals surface area contributed by atoms with Crippen molar-refractivity contribution < 1.29 is 13.2 Å². The molecule has 1 fully saturated rings. The average molecular weight is 339 g/mol. The molecule has 1 saturated heterocycles. The van der Waals surface area contributed by atoms with Crippen LogP contribution in [0.4, 0.5) is 0 Å². The van der Waals surface area contributed by atoms with Gasteiger partial charge in [0, 0.05) is 18.2 Å². The molecule has 0 radical (unpaired) electrons. The smallest absolute Gasteiger partial charge is 0.251 e. The topological polar surface area (TPSA) is 78.5 Å². The Kier molecular flexibility index (Phi) is 6.15. The van der Waals surface area contributed by atoms with Gasteiger partial charge >= 0.3 is 0 Å². The van der Waals surface area contributed by atoms with Gasteiger partial charge in [-0.3, -0.25) is 9.69 Å². The number of sulfonamides is 1. The fourth-order valence-electron chi connectivity index (χ4n) is 2.87. The summed E-state index contributed by atoms with van der Waals surface area (Å²) in [5.74, 6) is -0.240. The Balaban J connectivity index is 2.01. The van der Waals surface area contributed by atoms with Crippen molar-refractivity contribution in [3.63, 3.8) is 0 Å². The molecule has 0 unspecified atom stereocenters. The molecule has 1 aliphatic rings. The molecular formula is C16H25N3O3S. The van der Waals surface area contributed by atoms with Gasteiger partial charge in [0.05, 0.1) is 4.90 Å². The molecule has 0 aliphatic carbocycles. The second kappa shape index (κ2) is 7.90. The lowest BCUT2D eigenvalue weighted by Crippen LogP contribution is -2.42. The molecule has 1 atom stereocenters. The quantitative estimate of drug-likeness (QED) is 0.782. The van der Waals surface area contributed by atoms with Crippen LogP contribution in [0.2, 0.25) is 0 Å². The van der Waals surface area contributed by atoms with E-state index < -0.39 is 10.0 Å². The molecule has 1 heterocycles. The van der Waals surface area contributed by atoms with Crippen LogP contribution in [-0.2, 0) is 10.0 Å². The molecule has 1 aromatic carbocycles. The Hall–Kier alpha value is -1.44. The van der Waals surface area contributed by atoms with E-state index in [9.17, 15) is 13.2 Å². The Bertz CT molecular complexity index is 640. The van der Waals surface area contributed by atoms with Gasteiger partial charge in [0.2, 0.25) is 10.0 Å². The molecule has 0 aromatic heterocycles. The Labute approximate surface area is 138 Å². The van der Waals surface area contributed by atoms with Gasteiger partial charge in [-0.05, 0) is 57.6 Å². The van der Waals surface area contributed by atoms with Crippen LogP contribution in [0.5, 0.6) is 0 Å². The van der Waals surface area contributed by atoms with Gasteiger partial charge in [-0.2, -0.15) is 0 Å². The molecule has 1 amide bonds. The van der Waals surface area contributed by atoms with Crippen molar-refractivity contribution in [2.75, 3.05) is 26.7 Å². The fourth-order valence-corrected chi connectivity index (χ4v) is 3.65. The summed E-state index contributed by atoms with van der Waals surface area (Å²) in [5.41, 5.74) is 0.359. The molecule has 0 spiro atoms. The molecule has 128 valence electrons. The second-order valence-electron chi connectivity index (χ2n) is 5.75. The first kappa shape index (κ1) is 17.9. The van der Waals surface area contributed by atoms with Crippen LogP contribution in [-0.4, -0.2) is 51.9 Å². The lowest BCUT2D eigenvalue weighted by molar-refractivity contribution is 0.0937. The number of nitrogens with one attached hydrogen (secondary N) is 2. The van der Waals surface area contributed by atoms with Crippen molar-refractivity contribution in [2.45, 2.75) is 37.1 Å². The number of hydrogen-bond donors (Lipinski definition) is 2. The van der Waals surface area contributed by atoms with Crippen molar-refractivity contribution >= 4 is 15.9 Å². The SMILES string of the molecule is CC[C@@H](CNC(=O)c1cccc(S(=O)(=O)NC)c1)N1CCCC1. The lowest BCUT2D eigenvalue weighted by atomic mass is 10.1. The third-order valence-corrected chi connectivity index (χ3v) is 5.71. The van der Waals surface area contributed by atoms with Gasteiger partial charge in [0.15, 0.2) is 0 Å². The largest absolute Gasteiger partial charge is 0.350 e. The summed E-state index contributed by atoms with van der Waals surface area (Å²) in [6, 6.07) is 6.42. The lowest BCUT2D eigenvalue weighted by Gasteiger charge is -2.26. The normalized spacial score (nSPS) is 17.1. The monoisotopic (exact) mass is 339 g/mol. The van der Waals surface area contributed by atoms with Gasteiger partial charge in [0.1, 0.15) is 0 Å². The maximum Gasteiger partial charge on any atom is 0.251 e. The van der Waals surface area contributed by atoms with Crippen LogP contribution >= 0.6 is 0 Å². The predicted molar refractivity (Wildman–Crippen MR) is 89.9 cm³/mol. The average Bonchev–Trinajstić information content (AvgIpc) is 3.09. The molecule has 0 saturated carbocycles. The molecule has 0 bridgehead atoms. The van der Waals surface area contributed by atoms with Crippen LogP contribution in [0, 0.1) is 0 Å². The van der Waals surface area contributed by atoms with Gasteiger partial charge in [-0.25, -0.2) is 13.1 Å². The van der Waals surface area contributed by atoms with E-state index in [4.69, 9.17) is 0 Å². The Morgan fingerprint density at radius 3 is 2.61 bits per heavy atom. The number of rotatable bonds is 7. The number of carbonyl (C=O) groups is 1. The summed E-state index contributed by atoms with van der Waals surface area (Å²) in [7, 11) is -2.19. The predicted octanol–water partition coefficient (Wildman–Crippen LogP) is 1.20. The van der Waals surface area contributed by atoms with Crippen molar-refractivity contribution in [1.29, 1.82) is 0 Å². The minimum absolute atomic E-state index is 0.0965. The van der Waals surface area contributed by atoms with Crippen molar-refractivity contribution in [3.8, 4) is 0 Å². The third-order valence-electron chi connectivity index (χ3n) is 4.30. The zero-order valence-electron chi connectivity index (χ0n) is 13.7. The first-order valence-corrected chi connectivity index (χ1v) is 9.52. The summed E-state index contributed by atoms with van der Waals surface area (Å²) in [5, 5.41) is 2.93. The van der Waals surface area contributed by atoms with Gasteiger partial charge in [-0.1, -0.05) is 13.0 Å². The highest BCUT2D eigenvalue weighted by molar-refractivity contribution is 7.89. The van der Waals surface area contributed by atoms with E-state index in [1.165, 1.54) is 32.0 Å². The van der Waals surface area contributed by atoms with E-state index >= 15 is 0 Å². The van der Waals surface area contributed by atoms with Crippen LogP contribution in [0.1, 0.15) is 36.5 Å². The Morgan fingerprint density at radius 1 is 1.30 bits per heavy atom. The molecule has 7 heteroatoms. The van der Waals surface area contributed by atoms with Crippen molar-refractivity contribution in [1.82, 2.24) is 14.9 Å². The highest BCUT2D eigenvalue weighted by atomic mass is 32.2. The minimum atomic E-state index is -3.54. The van der Waals surface area contributed by atoms with Gasteiger partial charge in [-0.15, -0.1) is 0 Å². The van der Waals surface area contributed by atoms with E-state index in [0.717, 1.165) is 19.5 Å². The van der Waals surface area contributed by atoms with Crippen LogP contribution in [0.25, 0.3) is 0 Å². The first-order valence-electron chi connectivity index (χ1n) is 8.03. The van der Waals surface area contributed by atoms with Crippen molar-refractivity contribution in [3.05, 3.63) is 29.8 Å². The summed E-state index contributed by atoms with van der Waals surface area (Å²) >= 11 is 0. The number of likely N-dealkylation sites (tertiary alicyclic amines) is 1. The van der Waals surface area contributed by atoms with E-state index in [1.807, 2.05) is 0 Å². The van der Waals surface area contributed by atoms with Crippen LogP contribution < -0.4 is 10.0 Å². The maximum atomic E-state index is 12.3. The molecule has 1 aliphatic heterocycles. The van der Waals surface area contributed by atoms with Crippen LogP contribution in [0.3, 0.4) is 0 Å². The molecule has 2 N–H and O–H groups in total. The molecule has 2 rings (SSSR count). The summed E-state index contributed by atoms with van der Waals surface area (Å²) in [6.45, 7) is 4.88. The first-order chi connectivity index (χ1) is 11.0. The molecule has 23 heavy (non-hydrogen) atoms. The highest BCUT2D eigenvalue weighted by Gasteiger charge is 2.21.